The molecule has 1 fully saturated rings. The van der Waals surface area contributed by atoms with Crippen LogP contribution in [0.5, 0.6) is 0 Å². The van der Waals surface area contributed by atoms with Crippen LogP contribution in [0.15, 0.2) is 36.4 Å². The largest absolute Gasteiger partial charge is 0.399 e. The maximum Gasteiger partial charge on any atom is 0.257 e. The third-order valence-corrected chi connectivity index (χ3v) is 4.03. The number of imide groups is 1. The molecule has 4 nitrogen and oxygen atoms in total. The number of allylic oxidation sites excluding steroid dienone is 2. The number of hydrogen-bond acceptors (Lipinski definition) is 3. The van der Waals surface area contributed by atoms with Crippen molar-refractivity contribution in [2.24, 2.45) is 17.8 Å². The minimum atomic E-state index is -0.350. The van der Waals surface area contributed by atoms with E-state index in [1.165, 1.54) is 0 Å². The van der Waals surface area contributed by atoms with Crippen molar-refractivity contribution < 1.29 is 9.59 Å². The molecule has 3 atom stereocenters. The van der Waals surface area contributed by atoms with E-state index in [1.54, 1.807) is 24.3 Å². The first-order chi connectivity index (χ1) is 9.13. The molecule has 0 saturated heterocycles. The normalized spacial score (nSPS) is 27.5. The van der Waals surface area contributed by atoms with E-state index in [4.69, 9.17) is 5.73 Å². The van der Waals surface area contributed by atoms with E-state index in [2.05, 4.69) is 17.5 Å². The summed E-state index contributed by atoms with van der Waals surface area (Å²) in [6, 6.07) is 6.55. The van der Waals surface area contributed by atoms with Crippen LogP contribution >= 0.6 is 0 Å². The van der Waals surface area contributed by atoms with Gasteiger partial charge in [0.15, 0.2) is 0 Å². The molecular formula is C15H16N2O2. The average molecular weight is 256 g/mol. The Kier molecular flexibility index (Phi) is 2.85. The second-order valence-electron chi connectivity index (χ2n) is 5.33. The van der Waals surface area contributed by atoms with Gasteiger partial charge in [0.2, 0.25) is 5.91 Å². The minimum Gasteiger partial charge on any atom is -0.399 e. The lowest BCUT2D eigenvalue weighted by Crippen LogP contribution is -2.37. The Morgan fingerprint density at radius 1 is 1.11 bits per heavy atom. The average Bonchev–Trinajstić information content (AvgIpc) is 3.01. The van der Waals surface area contributed by atoms with Gasteiger partial charge in [-0.05, 0) is 48.9 Å². The van der Waals surface area contributed by atoms with E-state index in [-0.39, 0.29) is 17.7 Å². The van der Waals surface area contributed by atoms with Crippen LogP contribution in [0.1, 0.15) is 23.2 Å². The molecule has 0 spiro atoms. The van der Waals surface area contributed by atoms with Gasteiger partial charge in [-0.2, -0.15) is 0 Å². The van der Waals surface area contributed by atoms with Crippen LogP contribution in [0.4, 0.5) is 5.69 Å². The first kappa shape index (κ1) is 12.0. The molecular weight excluding hydrogens is 240 g/mol. The molecule has 1 aromatic carbocycles. The molecule has 0 heterocycles. The molecule has 0 aromatic heterocycles. The molecule has 3 unspecified atom stereocenters. The molecule has 19 heavy (non-hydrogen) atoms. The fourth-order valence-corrected chi connectivity index (χ4v) is 2.99. The Morgan fingerprint density at radius 3 is 2.42 bits per heavy atom. The summed E-state index contributed by atoms with van der Waals surface area (Å²) in [5, 5.41) is 2.49. The number of carbonyl (C=O) groups excluding carboxylic acids is 2. The van der Waals surface area contributed by atoms with E-state index in [9.17, 15) is 9.59 Å². The first-order valence-electron chi connectivity index (χ1n) is 6.52. The summed E-state index contributed by atoms with van der Waals surface area (Å²) >= 11 is 0. The molecule has 98 valence electrons. The summed E-state index contributed by atoms with van der Waals surface area (Å²) in [6.45, 7) is 0. The third-order valence-electron chi connectivity index (χ3n) is 4.03. The van der Waals surface area contributed by atoms with E-state index in [1.807, 2.05) is 0 Å². The molecule has 0 radical (unpaired) electrons. The highest BCUT2D eigenvalue weighted by atomic mass is 16.2. The van der Waals surface area contributed by atoms with E-state index < -0.39 is 0 Å². The van der Waals surface area contributed by atoms with E-state index in [0.29, 0.717) is 23.1 Å². The van der Waals surface area contributed by atoms with Crippen LogP contribution in [0.3, 0.4) is 0 Å². The van der Waals surface area contributed by atoms with Gasteiger partial charge in [-0.1, -0.05) is 12.2 Å². The predicted molar refractivity (Wildman–Crippen MR) is 72.2 cm³/mol. The van der Waals surface area contributed by atoms with Crippen molar-refractivity contribution in [1.82, 2.24) is 5.32 Å². The summed E-state index contributed by atoms with van der Waals surface area (Å²) in [5.41, 5.74) is 6.62. The smallest absolute Gasteiger partial charge is 0.257 e. The van der Waals surface area contributed by atoms with Crippen molar-refractivity contribution in [1.29, 1.82) is 0 Å². The number of benzene rings is 1. The molecule has 3 N–H and O–H groups in total. The molecule has 2 aliphatic rings. The van der Waals surface area contributed by atoms with Gasteiger partial charge in [0.1, 0.15) is 0 Å². The number of rotatable bonds is 2. The standard InChI is InChI=1S/C15H16N2O2/c16-12-5-3-10(4-6-12)14(18)17-15(19)13-8-9-1-2-11(13)7-9/h1-6,9,11,13H,7-8,16H2,(H,17,18,19). The fourth-order valence-electron chi connectivity index (χ4n) is 2.99. The molecule has 3 rings (SSSR count). The Labute approximate surface area is 111 Å². The fraction of sp³-hybridized carbons (Fsp3) is 0.333. The van der Waals surface area contributed by atoms with Gasteiger partial charge < -0.3 is 5.73 Å². The molecule has 2 bridgehead atoms. The second kappa shape index (κ2) is 4.53. The monoisotopic (exact) mass is 256 g/mol. The minimum absolute atomic E-state index is 0.0484. The maximum absolute atomic E-state index is 12.1. The Balaban J connectivity index is 1.65. The zero-order valence-electron chi connectivity index (χ0n) is 10.5. The van der Waals surface area contributed by atoms with Crippen molar-refractivity contribution >= 4 is 17.5 Å². The van der Waals surface area contributed by atoms with Gasteiger partial charge in [0.25, 0.3) is 5.91 Å². The van der Waals surface area contributed by atoms with Crippen molar-refractivity contribution in [3.63, 3.8) is 0 Å². The summed E-state index contributed by atoms with van der Waals surface area (Å²) in [4.78, 5) is 24.0. The van der Waals surface area contributed by atoms with Crippen LogP contribution in [0, 0.1) is 17.8 Å². The van der Waals surface area contributed by atoms with Gasteiger partial charge in [0, 0.05) is 17.2 Å². The maximum atomic E-state index is 12.1. The Hall–Kier alpha value is -2.10. The third kappa shape index (κ3) is 2.26. The molecule has 1 aromatic rings. The van der Waals surface area contributed by atoms with Crippen molar-refractivity contribution in [2.75, 3.05) is 5.73 Å². The highest BCUT2D eigenvalue weighted by molar-refractivity contribution is 6.05. The van der Waals surface area contributed by atoms with Crippen LogP contribution in [-0.2, 0) is 4.79 Å². The summed E-state index contributed by atoms with van der Waals surface area (Å²) in [5.74, 6) is 0.278. The molecule has 4 heteroatoms. The van der Waals surface area contributed by atoms with Crippen molar-refractivity contribution in [3.8, 4) is 0 Å². The van der Waals surface area contributed by atoms with Crippen LogP contribution in [-0.4, -0.2) is 11.8 Å². The lowest BCUT2D eigenvalue weighted by atomic mass is 9.93. The van der Waals surface area contributed by atoms with Crippen LogP contribution in [0.25, 0.3) is 0 Å². The number of nitrogens with one attached hydrogen (secondary N) is 1. The summed E-state index contributed by atoms with van der Waals surface area (Å²) in [6.07, 6.45) is 6.19. The molecule has 1 saturated carbocycles. The Morgan fingerprint density at radius 2 is 1.84 bits per heavy atom. The highest BCUT2D eigenvalue weighted by Crippen LogP contribution is 2.43. The lowest BCUT2D eigenvalue weighted by Gasteiger charge is -2.16. The van der Waals surface area contributed by atoms with E-state index in [0.717, 1.165) is 12.8 Å². The summed E-state index contributed by atoms with van der Waals surface area (Å²) < 4.78 is 0. The zero-order valence-corrected chi connectivity index (χ0v) is 10.5. The van der Waals surface area contributed by atoms with Crippen molar-refractivity contribution in [3.05, 3.63) is 42.0 Å². The topological polar surface area (TPSA) is 72.2 Å². The SMILES string of the molecule is Nc1ccc(C(=O)NC(=O)C2CC3C=CC2C3)cc1. The van der Waals surface area contributed by atoms with Crippen LogP contribution in [0.2, 0.25) is 0 Å². The molecule has 2 amide bonds. The van der Waals surface area contributed by atoms with Gasteiger partial charge in [-0.15, -0.1) is 0 Å². The van der Waals surface area contributed by atoms with Crippen LogP contribution < -0.4 is 11.1 Å². The first-order valence-corrected chi connectivity index (χ1v) is 6.52. The van der Waals surface area contributed by atoms with Gasteiger partial charge >= 0.3 is 0 Å². The zero-order chi connectivity index (χ0) is 13.4. The number of nitrogen functional groups attached to an aromatic ring is 1. The number of nitrogens with two attached hydrogens (primary N) is 1. The quantitative estimate of drug-likeness (QED) is 0.481. The number of amides is 2. The van der Waals surface area contributed by atoms with E-state index >= 15 is 0 Å². The number of fused-ring (bicyclic) bond motifs is 2. The Bertz CT molecular complexity index is 548. The van der Waals surface area contributed by atoms with Gasteiger partial charge in [0.05, 0.1) is 0 Å². The summed E-state index contributed by atoms with van der Waals surface area (Å²) in [7, 11) is 0. The number of anilines is 1. The van der Waals surface area contributed by atoms with Gasteiger partial charge in [-0.25, -0.2) is 0 Å². The van der Waals surface area contributed by atoms with Crippen molar-refractivity contribution in [2.45, 2.75) is 12.8 Å². The van der Waals surface area contributed by atoms with Gasteiger partial charge in [-0.3, -0.25) is 14.9 Å². The number of hydrogen-bond donors (Lipinski definition) is 2. The molecule has 0 aliphatic heterocycles. The predicted octanol–water partition coefficient (Wildman–Crippen LogP) is 1.74. The molecule has 2 aliphatic carbocycles. The second-order valence-corrected chi connectivity index (χ2v) is 5.33. The lowest BCUT2D eigenvalue weighted by molar-refractivity contribution is -0.124. The highest BCUT2D eigenvalue weighted by Gasteiger charge is 2.40. The number of carbonyl (C=O) groups is 2.